The fraction of sp³-hybridized carbons (Fsp3) is 0.167. The molecule has 0 atom stereocenters. The summed E-state index contributed by atoms with van der Waals surface area (Å²) in [6.45, 7) is 1.79. The fourth-order valence-corrected chi connectivity index (χ4v) is 5.08. The van der Waals surface area contributed by atoms with E-state index in [1.54, 1.807) is 0 Å². The van der Waals surface area contributed by atoms with Crippen molar-refractivity contribution in [2.45, 2.75) is 13.0 Å². The van der Waals surface area contributed by atoms with Gasteiger partial charge < -0.3 is 9.47 Å². The molecule has 6 rings (SSSR count). The van der Waals surface area contributed by atoms with Crippen LogP contribution in [0.3, 0.4) is 0 Å². The molecule has 30 heavy (non-hydrogen) atoms. The van der Waals surface area contributed by atoms with Gasteiger partial charge in [0.05, 0.1) is 5.39 Å². The van der Waals surface area contributed by atoms with Gasteiger partial charge in [-0.2, -0.15) is 0 Å². The zero-order chi connectivity index (χ0) is 20.1. The average molecular weight is 414 g/mol. The molecule has 0 aliphatic carbocycles. The van der Waals surface area contributed by atoms with Crippen molar-refractivity contribution in [2.24, 2.45) is 0 Å². The van der Waals surface area contributed by atoms with Crippen LogP contribution in [0.2, 0.25) is 0 Å². The van der Waals surface area contributed by atoms with Crippen LogP contribution in [0, 0.1) is 0 Å². The number of benzene rings is 2. The molecule has 0 amide bonds. The summed E-state index contributed by atoms with van der Waals surface area (Å²) in [5.41, 5.74) is 4.15. The SMILES string of the molecule is O=c1c2c(-c3ccccc3)csc2nc2n1CC/C2=C\c1ccc2c(c1)OCCO2. The number of allylic oxidation sites excluding steroid dienone is 1. The van der Waals surface area contributed by atoms with Crippen LogP contribution in [0.15, 0.2) is 58.7 Å². The summed E-state index contributed by atoms with van der Waals surface area (Å²) in [7, 11) is 0. The van der Waals surface area contributed by atoms with Crippen molar-refractivity contribution >= 4 is 33.2 Å². The molecule has 0 saturated carbocycles. The molecule has 0 unspecified atom stereocenters. The van der Waals surface area contributed by atoms with Gasteiger partial charge in [0.15, 0.2) is 11.5 Å². The molecule has 2 aliphatic rings. The normalized spacial score (nSPS) is 16.2. The molecule has 4 heterocycles. The lowest BCUT2D eigenvalue weighted by molar-refractivity contribution is 0.171. The van der Waals surface area contributed by atoms with E-state index in [0.29, 0.717) is 19.8 Å². The van der Waals surface area contributed by atoms with Crippen LogP contribution in [0.5, 0.6) is 11.5 Å². The lowest BCUT2D eigenvalue weighted by Gasteiger charge is -2.18. The Morgan fingerprint density at radius 3 is 2.73 bits per heavy atom. The lowest BCUT2D eigenvalue weighted by atomic mass is 10.1. The minimum Gasteiger partial charge on any atom is -0.486 e. The highest BCUT2D eigenvalue weighted by molar-refractivity contribution is 7.17. The van der Waals surface area contributed by atoms with Crippen molar-refractivity contribution in [3.05, 3.63) is 75.7 Å². The van der Waals surface area contributed by atoms with E-state index < -0.39 is 0 Å². The third-order valence-electron chi connectivity index (χ3n) is 5.58. The van der Waals surface area contributed by atoms with Crippen LogP contribution < -0.4 is 15.0 Å². The number of hydrogen-bond acceptors (Lipinski definition) is 5. The molecular formula is C24H18N2O3S. The van der Waals surface area contributed by atoms with Gasteiger partial charge in [-0.25, -0.2) is 4.98 Å². The first kappa shape index (κ1) is 17.5. The summed E-state index contributed by atoms with van der Waals surface area (Å²) in [6.07, 6.45) is 2.88. The van der Waals surface area contributed by atoms with Crippen LogP contribution in [-0.2, 0) is 6.54 Å². The van der Waals surface area contributed by atoms with E-state index in [4.69, 9.17) is 14.5 Å². The summed E-state index contributed by atoms with van der Waals surface area (Å²) >= 11 is 1.53. The topological polar surface area (TPSA) is 53.4 Å². The summed E-state index contributed by atoms with van der Waals surface area (Å²) in [6, 6.07) is 16.0. The van der Waals surface area contributed by atoms with E-state index in [2.05, 4.69) is 6.08 Å². The molecule has 2 aromatic heterocycles. The summed E-state index contributed by atoms with van der Waals surface area (Å²) < 4.78 is 13.1. The lowest BCUT2D eigenvalue weighted by Crippen LogP contribution is -2.20. The average Bonchev–Trinajstić information content (AvgIpc) is 3.40. The van der Waals surface area contributed by atoms with E-state index in [0.717, 1.165) is 56.2 Å². The predicted molar refractivity (Wildman–Crippen MR) is 119 cm³/mol. The van der Waals surface area contributed by atoms with Crippen LogP contribution in [-0.4, -0.2) is 22.8 Å². The Hall–Kier alpha value is -3.38. The third-order valence-corrected chi connectivity index (χ3v) is 6.45. The van der Waals surface area contributed by atoms with Gasteiger partial charge in [0.25, 0.3) is 5.56 Å². The summed E-state index contributed by atoms with van der Waals surface area (Å²) in [4.78, 5) is 19.0. The third kappa shape index (κ3) is 2.75. The van der Waals surface area contributed by atoms with Gasteiger partial charge in [-0.15, -0.1) is 11.3 Å². The van der Waals surface area contributed by atoms with E-state index in [-0.39, 0.29) is 5.56 Å². The Labute approximate surface area is 176 Å². The number of thiophene rings is 1. The minimum atomic E-state index is 0.0423. The second kappa shape index (κ2) is 6.85. The van der Waals surface area contributed by atoms with Crippen LogP contribution in [0.1, 0.15) is 17.8 Å². The molecule has 0 spiro atoms. The molecule has 0 radical (unpaired) electrons. The van der Waals surface area contributed by atoms with Crippen molar-refractivity contribution in [1.29, 1.82) is 0 Å². The monoisotopic (exact) mass is 414 g/mol. The quantitative estimate of drug-likeness (QED) is 0.471. The highest BCUT2D eigenvalue weighted by Crippen LogP contribution is 2.36. The number of fused-ring (bicyclic) bond motifs is 3. The van der Waals surface area contributed by atoms with Gasteiger partial charge in [-0.3, -0.25) is 9.36 Å². The smallest absolute Gasteiger partial charge is 0.263 e. The Bertz CT molecular complexity index is 1370. The number of aromatic nitrogens is 2. The van der Waals surface area contributed by atoms with Crippen LogP contribution in [0.25, 0.3) is 33.0 Å². The maximum absolute atomic E-state index is 13.3. The maximum atomic E-state index is 13.3. The number of rotatable bonds is 2. The maximum Gasteiger partial charge on any atom is 0.263 e. The van der Waals surface area contributed by atoms with Crippen molar-refractivity contribution in [3.63, 3.8) is 0 Å². The Morgan fingerprint density at radius 2 is 1.87 bits per heavy atom. The minimum absolute atomic E-state index is 0.0423. The number of nitrogens with zero attached hydrogens (tertiary/aromatic N) is 2. The molecule has 2 aliphatic heterocycles. The molecule has 5 nitrogen and oxygen atoms in total. The number of hydrogen-bond donors (Lipinski definition) is 0. The first-order chi connectivity index (χ1) is 14.8. The predicted octanol–water partition coefficient (Wildman–Crippen LogP) is 4.84. The molecule has 148 valence electrons. The van der Waals surface area contributed by atoms with Crippen molar-refractivity contribution in [3.8, 4) is 22.6 Å². The van der Waals surface area contributed by atoms with Gasteiger partial charge in [-0.05, 0) is 41.3 Å². The molecule has 0 bridgehead atoms. The summed E-state index contributed by atoms with van der Waals surface area (Å²) in [5.74, 6) is 2.31. The Kier molecular flexibility index (Phi) is 3.99. The largest absolute Gasteiger partial charge is 0.486 e. The van der Waals surface area contributed by atoms with Crippen LogP contribution in [0.4, 0.5) is 0 Å². The van der Waals surface area contributed by atoms with Crippen molar-refractivity contribution in [2.75, 3.05) is 13.2 Å². The van der Waals surface area contributed by atoms with Gasteiger partial charge in [0, 0.05) is 17.5 Å². The Balaban J connectivity index is 1.45. The molecular weight excluding hydrogens is 396 g/mol. The second-order valence-electron chi connectivity index (χ2n) is 7.41. The Morgan fingerprint density at radius 1 is 1.03 bits per heavy atom. The van der Waals surface area contributed by atoms with Gasteiger partial charge in [0.1, 0.15) is 23.9 Å². The van der Waals surface area contributed by atoms with E-state index >= 15 is 0 Å². The fourth-order valence-electron chi connectivity index (χ4n) is 4.14. The van der Waals surface area contributed by atoms with Gasteiger partial charge in [-0.1, -0.05) is 36.4 Å². The first-order valence-electron chi connectivity index (χ1n) is 9.96. The molecule has 6 heteroatoms. The second-order valence-corrected chi connectivity index (χ2v) is 8.27. The van der Waals surface area contributed by atoms with E-state index in [9.17, 15) is 4.79 Å². The molecule has 0 saturated heterocycles. The number of ether oxygens (including phenoxy) is 2. The molecule has 0 fully saturated rings. The van der Waals surface area contributed by atoms with Crippen molar-refractivity contribution < 1.29 is 9.47 Å². The van der Waals surface area contributed by atoms with Crippen LogP contribution >= 0.6 is 11.3 Å². The molecule has 0 N–H and O–H groups in total. The van der Waals surface area contributed by atoms with Gasteiger partial charge in [0.2, 0.25) is 0 Å². The van der Waals surface area contributed by atoms with E-state index in [1.165, 1.54) is 11.3 Å². The highest BCUT2D eigenvalue weighted by Gasteiger charge is 2.23. The standard InChI is InChI=1S/C24H18N2O3S/c27-24-21-18(16-4-2-1-3-5-16)14-30-23(21)25-22-17(8-9-26(22)24)12-15-6-7-19-20(13-15)29-11-10-28-19/h1-7,12-14H,8-11H2/b17-12+. The first-order valence-corrected chi connectivity index (χ1v) is 10.8. The van der Waals surface area contributed by atoms with Crippen molar-refractivity contribution in [1.82, 2.24) is 9.55 Å². The zero-order valence-electron chi connectivity index (χ0n) is 16.1. The zero-order valence-corrected chi connectivity index (χ0v) is 16.9. The van der Waals surface area contributed by atoms with E-state index in [1.807, 2.05) is 58.5 Å². The summed E-state index contributed by atoms with van der Waals surface area (Å²) in [5, 5.41) is 2.75. The van der Waals surface area contributed by atoms with Gasteiger partial charge >= 0.3 is 0 Å². The molecule has 2 aromatic carbocycles. The highest BCUT2D eigenvalue weighted by atomic mass is 32.1. The molecule has 4 aromatic rings.